The number of aliphatic imine (C=N–C) groups is 1. The molecule has 2 aliphatic carbocycles. The van der Waals surface area contributed by atoms with Crippen LogP contribution in [0.1, 0.15) is 70.4 Å². The first-order valence-corrected chi connectivity index (χ1v) is 18.7. The molecule has 0 aromatic heterocycles. The predicted octanol–water partition coefficient (Wildman–Crippen LogP) is 1.41. The van der Waals surface area contributed by atoms with Gasteiger partial charge < -0.3 is 51.3 Å². The highest BCUT2D eigenvalue weighted by molar-refractivity contribution is 5.90. The van der Waals surface area contributed by atoms with E-state index in [1.807, 2.05) is 13.0 Å². The van der Waals surface area contributed by atoms with Crippen molar-refractivity contribution in [3.63, 3.8) is 0 Å². The zero-order chi connectivity index (χ0) is 39.0. The fraction of sp³-hybridized carbons (Fsp3) is 0.622. The van der Waals surface area contributed by atoms with Gasteiger partial charge >= 0.3 is 12.2 Å². The Balaban J connectivity index is 1.33. The minimum absolute atomic E-state index is 0.0565. The van der Waals surface area contributed by atoms with Gasteiger partial charge in [0.1, 0.15) is 11.8 Å². The number of carbonyl (C=O) groups excluding carboxylic acids is 5. The molecule has 296 valence electrons. The molecule has 0 radical (unpaired) electrons. The molecule has 17 nitrogen and oxygen atoms in total. The second-order valence-electron chi connectivity index (χ2n) is 14.2. The normalized spacial score (nSPS) is 23.2. The molecule has 5 atom stereocenters. The Hall–Kier alpha value is -5.22. The molecule has 7 N–H and O–H groups in total. The van der Waals surface area contributed by atoms with Gasteiger partial charge in [-0.1, -0.05) is 18.9 Å². The number of carbonyl (C=O) groups is 5. The zero-order valence-corrected chi connectivity index (χ0v) is 31.6. The number of nitrogens with zero attached hydrogens (tertiary/aromatic N) is 3. The van der Waals surface area contributed by atoms with Gasteiger partial charge in [0.15, 0.2) is 23.6 Å². The first kappa shape index (κ1) is 40.0. The van der Waals surface area contributed by atoms with Gasteiger partial charge in [-0.05, 0) is 69.6 Å². The molecular formula is C37H54N8O9. The average Bonchev–Trinajstić information content (AvgIpc) is 3.46. The zero-order valence-electron chi connectivity index (χ0n) is 31.6. The summed E-state index contributed by atoms with van der Waals surface area (Å²) in [5, 5.41) is 7.90. The van der Waals surface area contributed by atoms with E-state index in [2.05, 4.69) is 27.0 Å². The molecule has 17 heteroatoms. The predicted molar refractivity (Wildman–Crippen MR) is 198 cm³/mol. The monoisotopic (exact) mass is 754 g/mol. The van der Waals surface area contributed by atoms with E-state index in [1.165, 1.54) is 22.3 Å². The molecular weight excluding hydrogens is 700 g/mol. The van der Waals surface area contributed by atoms with E-state index >= 15 is 0 Å². The van der Waals surface area contributed by atoms with Gasteiger partial charge in [-0.3, -0.25) is 24.3 Å². The second-order valence-corrected chi connectivity index (χ2v) is 14.2. The maximum absolute atomic E-state index is 14.2. The summed E-state index contributed by atoms with van der Waals surface area (Å²) in [4.78, 5) is 71.4. The molecule has 1 spiro atoms. The number of guanidine groups is 1. The van der Waals surface area contributed by atoms with E-state index in [9.17, 15) is 24.0 Å². The number of methoxy groups -OCH3 is 1. The summed E-state index contributed by atoms with van der Waals surface area (Å²) in [6, 6.07) is 2.35. The van der Waals surface area contributed by atoms with Gasteiger partial charge in [0.05, 0.1) is 26.3 Å². The van der Waals surface area contributed by atoms with Crippen molar-refractivity contribution in [3.05, 3.63) is 35.1 Å². The number of ether oxygens (including phenoxy) is 4. The Bertz CT molecular complexity index is 1650. The molecule has 5 rings (SSSR count). The highest BCUT2D eigenvalue weighted by Crippen LogP contribution is 2.61. The average molecular weight is 755 g/mol. The number of amides is 5. The van der Waals surface area contributed by atoms with Gasteiger partial charge in [0.25, 0.3) is 0 Å². The topological polar surface area (TPSA) is 229 Å². The van der Waals surface area contributed by atoms with Gasteiger partial charge in [-0.2, -0.15) is 0 Å². The van der Waals surface area contributed by atoms with Crippen LogP contribution in [0.5, 0.6) is 11.5 Å². The molecule has 2 heterocycles. The van der Waals surface area contributed by atoms with Crippen molar-refractivity contribution in [3.8, 4) is 11.5 Å². The quantitative estimate of drug-likeness (QED) is 0.0790. The molecule has 1 saturated carbocycles. The van der Waals surface area contributed by atoms with Crippen LogP contribution in [0.2, 0.25) is 0 Å². The lowest BCUT2D eigenvalue weighted by atomic mass is 9.57. The molecule has 2 aliphatic heterocycles. The third kappa shape index (κ3) is 8.93. The van der Waals surface area contributed by atoms with Crippen molar-refractivity contribution in [2.75, 3.05) is 53.0 Å². The Labute approximate surface area is 315 Å². The maximum atomic E-state index is 14.2. The lowest BCUT2D eigenvalue weighted by Gasteiger charge is -2.46. The van der Waals surface area contributed by atoms with Crippen molar-refractivity contribution in [2.24, 2.45) is 22.4 Å². The molecule has 54 heavy (non-hydrogen) atoms. The number of hydrogen-bond acceptors (Lipinski definition) is 10. The van der Waals surface area contributed by atoms with Crippen molar-refractivity contribution >= 4 is 35.9 Å². The fourth-order valence-electron chi connectivity index (χ4n) is 8.30. The summed E-state index contributed by atoms with van der Waals surface area (Å²) in [6.45, 7) is 5.17. The van der Waals surface area contributed by atoms with E-state index in [1.54, 1.807) is 20.1 Å². The summed E-state index contributed by atoms with van der Waals surface area (Å²) >= 11 is 0. The fourth-order valence-corrected chi connectivity index (χ4v) is 8.30. The molecule has 2 bridgehead atoms. The first-order valence-electron chi connectivity index (χ1n) is 18.7. The number of rotatable bonds is 14. The highest BCUT2D eigenvalue weighted by atomic mass is 16.6. The van der Waals surface area contributed by atoms with Gasteiger partial charge in [-0.15, -0.1) is 0 Å². The summed E-state index contributed by atoms with van der Waals surface area (Å²) < 4.78 is 23.9. The van der Waals surface area contributed by atoms with Crippen LogP contribution in [0.15, 0.2) is 29.0 Å². The smallest absolute Gasteiger partial charge is 0.415 e. The molecule has 5 amide bonds. The third-order valence-electron chi connectivity index (χ3n) is 10.7. The third-order valence-corrected chi connectivity index (χ3v) is 10.7. The Morgan fingerprint density at radius 1 is 1.15 bits per heavy atom. The van der Waals surface area contributed by atoms with Crippen LogP contribution in [0.3, 0.4) is 0 Å². The van der Waals surface area contributed by atoms with E-state index in [-0.39, 0.29) is 63.7 Å². The van der Waals surface area contributed by atoms with Crippen molar-refractivity contribution in [1.29, 1.82) is 0 Å². The summed E-state index contributed by atoms with van der Waals surface area (Å²) in [5.74, 6) is 0.652. The summed E-state index contributed by atoms with van der Waals surface area (Å²) in [6.07, 6.45) is 5.55. The van der Waals surface area contributed by atoms with Gasteiger partial charge in [-0.25, -0.2) is 9.59 Å². The Morgan fingerprint density at radius 3 is 2.65 bits per heavy atom. The van der Waals surface area contributed by atoms with Crippen LogP contribution < -0.4 is 36.9 Å². The molecule has 4 aliphatic rings. The lowest BCUT2D eigenvalue weighted by molar-refractivity contribution is -0.129. The molecule has 1 aromatic carbocycles. The standard InChI is InChI=1S/C37H54N8O9/c1-5-27(32-37-13-7-9-23(18-37)17-24-11-12-28(51-4)31(54-32)30(24)37)53-36(50)45-16-15-44(35(49)52-6-2)21-25(45)19-42-33(48)26(10-8-14-40-34(38)39)43-29(47)20-41-22(3)46/h5,11-12,23,25-26,32H,6-10,13-21H2,1-4H3,(H,41,46)(H,42,48)(H,43,47)(H4,38,39,40)/b27-5+/t23-,25?,26+,32?,37?/m1/s1. The molecule has 2 fully saturated rings. The van der Waals surface area contributed by atoms with E-state index < -0.39 is 48.1 Å². The van der Waals surface area contributed by atoms with Crippen molar-refractivity contribution in [1.82, 2.24) is 25.8 Å². The SMILES string of the molecule is C/C=C(/OC(=O)N1CCN(C(=O)OCC)CC1CNC(=O)[C@H](CCCN=C(N)N)NC(=O)CNC(C)=O)C1Oc2c(OC)ccc3c2C12CCC[C@H](C3)C2. The largest absolute Gasteiger partial charge is 0.493 e. The van der Waals surface area contributed by atoms with Crippen LogP contribution in [-0.4, -0.2) is 117 Å². The number of allylic oxidation sites excluding steroid dienone is 1. The van der Waals surface area contributed by atoms with Gasteiger partial charge in [0, 0.05) is 50.6 Å². The van der Waals surface area contributed by atoms with E-state index in [0.717, 1.165) is 37.7 Å². The summed E-state index contributed by atoms with van der Waals surface area (Å²) in [7, 11) is 1.62. The maximum Gasteiger partial charge on any atom is 0.415 e. The molecule has 3 unspecified atom stereocenters. The first-order chi connectivity index (χ1) is 25.9. The van der Waals surface area contributed by atoms with Crippen LogP contribution in [-0.2, 0) is 35.7 Å². The van der Waals surface area contributed by atoms with Gasteiger partial charge in [0.2, 0.25) is 17.7 Å². The van der Waals surface area contributed by atoms with Crippen molar-refractivity contribution < 1.29 is 42.9 Å². The van der Waals surface area contributed by atoms with Crippen LogP contribution in [0.25, 0.3) is 0 Å². The minimum atomic E-state index is -1.00. The number of benzene rings is 1. The Kier molecular flexibility index (Phi) is 13.1. The minimum Gasteiger partial charge on any atom is -0.493 e. The van der Waals surface area contributed by atoms with Crippen LogP contribution in [0.4, 0.5) is 9.59 Å². The number of piperazine rings is 1. The lowest BCUT2D eigenvalue weighted by Crippen LogP contribution is -2.61. The van der Waals surface area contributed by atoms with E-state index in [0.29, 0.717) is 29.6 Å². The molecule has 1 saturated heterocycles. The molecule has 1 aromatic rings. The van der Waals surface area contributed by atoms with E-state index in [4.69, 9.17) is 30.4 Å². The Morgan fingerprint density at radius 2 is 1.94 bits per heavy atom. The van der Waals surface area contributed by atoms with Crippen LogP contribution in [0, 0.1) is 5.92 Å². The number of fused-ring (bicyclic) bond motifs is 1. The number of nitrogens with one attached hydrogen (secondary N) is 3. The highest BCUT2D eigenvalue weighted by Gasteiger charge is 2.57. The number of hydrogen-bond donors (Lipinski definition) is 5. The van der Waals surface area contributed by atoms with Crippen molar-refractivity contribution in [2.45, 2.75) is 89.3 Å². The summed E-state index contributed by atoms with van der Waals surface area (Å²) in [5.41, 5.74) is 12.9. The second kappa shape index (κ2) is 17.7. The number of nitrogens with two attached hydrogens (primary N) is 2. The van der Waals surface area contributed by atoms with Crippen LogP contribution >= 0.6 is 0 Å².